The predicted octanol–water partition coefficient (Wildman–Crippen LogP) is 4.40. The average Bonchev–Trinajstić information content (AvgIpc) is 3.60. The number of aromatic nitrogens is 2. The molecule has 4 aromatic rings. The highest BCUT2D eigenvalue weighted by Gasteiger charge is 2.27. The lowest BCUT2D eigenvalue weighted by Crippen LogP contribution is -2.49. The van der Waals surface area contributed by atoms with Crippen LogP contribution in [0.2, 0.25) is 0 Å². The first kappa shape index (κ1) is 23.2. The molecule has 0 spiro atoms. The van der Waals surface area contributed by atoms with Gasteiger partial charge in [0.05, 0.1) is 29.2 Å². The first-order chi connectivity index (χ1) is 17.5. The Labute approximate surface area is 207 Å². The summed E-state index contributed by atoms with van der Waals surface area (Å²) < 4.78 is 12.8. The molecule has 0 atom stereocenters. The van der Waals surface area contributed by atoms with E-state index in [9.17, 15) is 14.9 Å². The molecular formula is C26H25N5O5. The molecule has 0 saturated carbocycles. The van der Waals surface area contributed by atoms with E-state index in [0.29, 0.717) is 55.6 Å². The van der Waals surface area contributed by atoms with Gasteiger partial charge in [-0.2, -0.15) is 5.10 Å². The second kappa shape index (κ2) is 9.95. The number of anilines is 1. The molecular weight excluding hydrogens is 462 g/mol. The van der Waals surface area contributed by atoms with Crippen LogP contribution in [0.1, 0.15) is 17.4 Å². The lowest BCUT2D eigenvalue weighted by molar-refractivity contribution is -0.384. The topological polar surface area (TPSA) is 107 Å². The third-order valence-corrected chi connectivity index (χ3v) is 6.08. The van der Waals surface area contributed by atoms with Crippen LogP contribution in [0.4, 0.5) is 11.4 Å². The molecule has 10 nitrogen and oxygen atoms in total. The summed E-state index contributed by atoms with van der Waals surface area (Å²) in [6.07, 6.45) is 1.54. The van der Waals surface area contributed by atoms with Crippen molar-refractivity contribution in [3.63, 3.8) is 0 Å². The molecule has 5 rings (SSSR count). The number of furan rings is 1. The van der Waals surface area contributed by atoms with Crippen molar-refractivity contribution in [3.8, 4) is 22.9 Å². The average molecular weight is 488 g/mol. The van der Waals surface area contributed by atoms with Crippen molar-refractivity contribution < 1.29 is 18.9 Å². The zero-order valence-electron chi connectivity index (χ0n) is 19.7. The second-order valence-electron chi connectivity index (χ2n) is 8.26. The van der Waals surface area contributed by atoms with E-state index in [1.807, 2.05) is 31.2 Å². The first-order valence-electron chi connectivity index (χ1n) is 11.7. The summed E-state index contributed by atoms with van der Waals surface area (Å²) >= 11 is 0. The number of nitrogens with zero attached hydrogens (tertiary/aromatic N) is 5. The van der Waals surface area contributed by atoms with Gasteiger partial charge in [0.1, 0.15) is 17.1 Å². The van der Waals surface area contributed by atoms with Gasteiger partial charge in [0.2, 0.25) is 0 Å². The third-order valence-electron chi connectivity index (χ3n) is 6.08. The number of nitro benzene ring substituents is 1. The van der Waals surface area contributed by atoms with E-state index < -0.39 is 4.92 Å². The fraction of sp³-hybridized carbons (Fsp3) is 0.231. The maximum absolute atomic E-state index is 13.6. The first-order valence-corrected chi connectivity index (χ1v) is 11.7. The van der Waals surface area contributed by atoms with Crippen molar-refractivity contribution in [2.24, 2.45) is 0 Å². The van der Waals surface area contributed by atoms with Crippen LogP contribution in [0.3, 0.4) is 0 Å². The predicted molar refractivity (Wildman–Crippen MR) is 134 cm³/mol. The monoisotopic (exact) mass is 487 g/mol. The number of hydrogen-bond donors (Lipinski definition) is 0. The molecule has 0 radical (unpaired) electrons. The van der Waals surface area contributed by atoms with E-state index in [1.165, 1.54) is 16.8 Å². The van der Waals surface area contributed by atoms with E-state index in [1.54, 1.807) is 41.5 Å². The van der Waals surface area contributed by atoms with Crippen molar-refractivity contribution in [1.29, 1.82) is 0 Å². The number of carbonyl (C=O) groups excluding carboxylic acids is 1. The number of benzene rings is 2. The molecule has 0 N–H and O–H groups in total. The maximum Gasteiger partial charge on any atom is 0.272 e. The highest BCUT2D eigenvalue weighted by atomic mass is 16.6. The third kappa shape index (κ3) is 4.52. The number of non-ortho nitro benzene ring substituents is 1. The molecule has 10 heteroatoms. The minimum atomic E-state index is -0.462. The molecule has 1 aliphatic heterocycles. The van der Waals surface area contributed by atoms with Gasteiger partial charge in [0.25, 0.3) is 11.6 Å². The Hall–Kier alpha value is -4.60. The molecule has 0 aliphatic carbocycles. The maximum atomic E-state index is 13.6. The number of ether oxygens (including phenoxy) is 1. The van der Waals surface area contributed by atoms with Gasteiger partial charge in [-0.3, -0.25) is 14.9 Å². The Morgan fingerprint density at radius 1 is 1.06 bits per heavy atom. The standard InChI is InChI=1S/C26H25N5O5/c1-2-35-25-7-4-3-6-22(25)28-13-15-29(16-14-28)26(32)23-18-21(24-8-5-17-36-24)27-30(23)19-9-11-20(12-10-19)31(33)34/h3-12,17-18H,2,13-16H2,1H3. The van der Waals surface area contributed by atoms with Gasteiger partial charge in [-0.25, -0.2) is 4.68 Å². The van der Waals surface area contributed by atoms with Crippen LogP contribution in [0.25, 0.3) is 17.1 Å². The SMILES string of the molecule is CCOc1ccccc1N1CCN(C(=O)c2cc(-c3ccco3)nn2-c2ccc([N+](=O)[O-])cc2)CC1. The summed E-state index contributed by atoms with van der Waals surface area (Å²) in [5.74, 6) is 1.19. The number of carbonyl (C=O) groups is 1. The number of para-hydroxylation sites is 2. The Morgan fingerprint density at radius 3 is 2.47 bits per heavy atom. The Bertz CT molecular complexity index is 1360. The molecule has 0 bridgehead atoms. The number of hydrogen-bond acceptors (Lipinski definition) is 7. The molecule has 1 amide bonds. The summed E-state index contributed by atoms with van der Waals surface area (Å²) in [5, 5.41) is 15.7. The van der Waals surface area contributed by atoms with E-state index >= 15 is 0 Å². The minimum absolute atomic E-state index is 0.0338. The number of nitro groups is 1. The zero-order chi connectivity index (χ0) is 25.1. The lowest BCUT2D eigenvalue weighted by Gasteiger charge is -2.36. The van der Waals surface area contributed by atoms with Crippen LogP contribution in [-0.4, -0.2) is 58.3 Å². The summed E-state index contributed by atoms with van der Waals surface area (Å²) in [6, 6.07) is 19.1. The fourth-order valence-corrected chi connectivity index (χ4v) is 4.30. The van der Waals surface area contributed by atoms with Gasteiger partial charge in [-0.1, -0.05) is 12.1 Å². The Morgan fingerprint density at radius 2 is 1.81 bits per heavy atom. The van der Waals surface area contributed by atoms with Gasteiger partial charge in [-0.15, -0.1) is 0 Å². The molecule has 0 unspecified atom stereocenters. The van der Waals surface area contributed by atoms with Gasteiger partial charge < -0.3 is 19.0 Å². The van der Waals surface area contributed by atoms with E-state index in [4.69, 9.17) is 9.15 Å². The minimum Gasteiger partial charge on any atom is -0.492 e. The van der Waals surface area contributed by atoms with Crippen molar-refractivity contribution in [3.05, 3.63) is 88.8 Å². The van der Waals surface area contributed by atoms with Crippen LogP contribution >= 0.6 is 0 Å². The summed E-state index contributed by atoms with van der Waals surface area (Å²) in [4.78, 5) is 28.3. The number of piperazine rings is 1. The molecule has 1 aliphatic rings. The van der Waals surface area contributed by atoms with Crippen LogP contribution in [0.5, 0.6) is 5.75 Å². The lowest BCUT2D eigenvalue weighted by atomic mass is 10.2. The summed E-state index contributed by atoms with van der Waals surface area (Å²) in [5.41, 5.74) is 2.39. The molecule has 1 fully saturated rings. The number of rotatable bonds is 7. The van der Waals surface area contributed by atoms with Crippen molar-refractivity contribution in [2.45, 2.75) is 6.92 Å². The Kier molecular flexibility index (Phi) is 6.40. The van der Waals surface area contributed by atoms with Crippen LogP contribution < -0.4 is 9.64 Å². The van der Waals surface area contributed by atoms with Crippen LogP contribution in [0.15, 0.2) is 77.4 Å². The van der Waals surface area contributed by atoms with E-state index in [-0.39, 0.29) is 11.6 Å². The number of amides is 1. The molecule has 2 aromatic carbocycles. The van der Waals surface area contributed by atoms with E-state index in [0.717, 1.165) is 11.4 Å². The van der Waals surface area contributed by atoms with Gasteiger partial charge >= 0.3 is 0 Å². The van der Waals surface area contributed by atoms with Crippen molar-refractivity contribution in [2.75, 3.05) is 37.7 Å². The normalized spacial score (nSPS) is 13.6. The molecule has 1 saturated heterocycles. The Balaban J connectivity index is 1.40. The van der Waals surface area contributed by atoms with Crippen LogP contribution in [-0.2, 0) is 0 Å². The van der Waals surface area contributed by atoms with Crippen LogP contribution in [0, 0.1) is 10.1 Å². The summed E-state index contributed by atoms with van der Waals surface area (Å²) in [7, 11) is 0. The van der Waals surface area contributed by atoms with Crippen molar-refractivity contribution in [1.82, 2.24) is 14.7 Å². The van der Waals surface area contributed by atoms with Crippen molar-refractivity contribution >= 4 is 17.3 Å². The van der Waals surface area contributed by atoms with Gasteiger partial charge in [-0.05, 0) is 43.3 Å². The largest absolute Gasteiger partial charge is 0.492 e. The quantitative estimate of drug-likeness (QED) is 0.281. The molecule has 2 aromatic heterocycles. The fourth-order valence-electron chi connectivity index (χ4n) is 4.30. The van der Waals surface area contributed by atoms with Gasteiger partial charge in [0.15, 0.2) is 5.76 Å². The molecule has 184 valence electrons. The highest BCUT2D eigenvalue weighted by Crippen LogP contribution is 2.30. The smallest absolute Gasteiger partial charge is 0.272 e. The zero-order valence-corrected chi connectivity index (χ0v) is 19.7. The second-order valence-corrected chi connectivity index (χ2v) is 8.26. The highest BCUT2D eigenvalue weighted by molar-refractivity contribution is 5.94. The van der Waals surface area contributed by atoms with E-state index in [2.05, 4.69) is 10.00 Å². The molecule has 3 heterocycles. The van der Waals surface area contributed by atoms with Gasteiger partial charge in [0, 0.05) is 44.4 Å². The summed E-state index contributed by atoms with van der Waals surface area (Å²) in [6.45, 7) is 4.92. The molecule has 36 heavy (non-hydrogen) atoms.